The van der Waals surface area contributed by atoms with E-state index in [9.17, 15) is 14.7 Å². The number of hydrogen-bond donors (Lipinski definition) is 2. The molecule has 1 amide bonds. The zero-order chi connectivity index (χ0) is 19.1. The molecule has 0 unspecified atom stereocenters. The van der Waals surface area contributed by atoms with E-state index in [0.717, 1.165) is 5.56 Å². The fourth-order valence-electron chi connectivity index (χ4n) is 2.35. The Hall–Kier alpha value is -3.22. The topological polar surface area (TPSA) is 94.1 Å². The average molecular weight is 359 g/mol. The number of phenolic OH excluding ortho intramolecular Hbond substituents is 1. The largest absolute Gasteiger partial charge is 0.502 e. The van der Waals surface area contributed by atoms with Crippen molar-refractivity contribution in [2.24, 2.45) is 0 Å². The molecule has 0 radical (unpaired) electrons. The molecule has 0 aliphatic carbocycles. The molecular weight excluding hydrogens is 338 g/mol. The summed E-state index contributed by atoms with van der Waals surface area (Å²) in [4.78, 5) is 23.0. The first-order valence-corrected chi connectivity index (χ1v) is 7.95. The fourth-order valence-corrected chi connectivity index (χ4v) is 2.35. The Bertz CT molecular complexity index is 760. The number of rotatable bonds is 7. The molecule has 0 fully saturated rings. The van der Waals surface area contributed by atoms with E-state index in [0.29, 0.717) is 35.8 Å². The lowest BCUT2D eigenvalue weighted by molar-refractivity contribution is -0.131. The van der Waals surface area contributed by atoms with Crippen LogP contribution in [0.3, 0.4) is 0 Å². The number of phenols is 1. The minimum atomic E-state index is -0.415. The Kier molecular flexibility index (Phi) is 6.43. The van der Waals surface area contributed by atoms with Crippen LogP contribution in [0.4, 0.5) is 0 Å². The predicted octanol–water partition coefficient (Wildman–Crippen LogP) is 2.31. The highest BCUT2D eigenvalue weighted by Crippen LogP contribution is 2.37. The zero-order valence-corrected chi connectivity index (χ0v) is 14.9. The number of carbonyl (C=O) groups is 2. The summed E-state index contributed by atoms with van der Waals surface area (Å²) in [5, 5.41) is 12.7. The second-order valence-corrected chi connectivity index (χ2v) is 5.47. The van der Waals surface area contributed by atoms with Gasteiger partial charge >= 0.3 is 5.97 Å². The minimum absolute atomic E-state index is 0.0596. The molecule has 2 rings (SSSR count). The molecule has 0 aromatic heterocycles. The number of esters is 1. The lowest BCUT2D eigenvalue weighted by Crippen LogP contribution is -2.25. The number of hydrogen-bond acceptors (Lipinski definition) is 6. The lowest BCUT2D eigenvalue weighted by atomic mass is 10.1. The van der Waals surface area contributed by atoms with Gasteiger partial charge < -0.3 is 24.6 Å². The normalized spacial score (nSPS) is 10.1. The van der Waals surface area contributed by atoms with Gasteiger partial charge in [-0.3, -0.25) is 9.59 Å². The third-order valence-corrected chi connectivity index (χ3v) is 3.62. The fraction of sp³-hybridized carbons (Fsp3) is 0.263. The van der Waals surface area contributed by atoms with Gasteiger partial charge in [0.1, 0.15) is 5.75 Å². The molecule has 0 bridgehead atoms. The summed E-state index contributed by atoms with van der Waals surface area (Å²) < 4.78 is 15.1. The summed E-state index contributed by atoms with van der Waals surface area (Å²) in [6, 6.07) is 9.67. The smallest absolute Gasteiger partial charge is 0.308 e. The van der Waals surface area contributed by atoms with Gasteiger partial charge in [-0.25, -0.2) is 0 Å². The van der Waals surface area contributed by atoms with Gasteiger partial charge in [-0.05, 0) is 48.4 Å². The quantitative estimate of drug-likeness (QED) is 0.582. The molecule has 138 valence electrons. The first-order valence-electron chi connectivity index (χ1n) is 7.95. The van der Waals surface area contributed by atoms with E-state index in [1.54, 1.807) is 36.4 Å². The predicted molar refractivity (Wildman–Crippen MR) is 95.0 cm³/mol. The second kappa shape index (κ2) is 8.75. The number of methoxy groups -OCH3 is 2. The molecule has 0 saturated carbocycles. The number of benzene rings is 2. The molecule has 0 aliphatic rings. The van der Waals surface area contributed by atoms with Crippen LogP contribution in [0.2, 0.25) is 0 Å². The van der Waals surface area contributed by atoms with Gasteiger partial charge in [-0.2, -0.15) is 0 Å². The van der Waals surface area contributed by atoms with Crippen LogP contribution >= 0.6 is 0 Å². The molecule has 0 aliphatic heterocycles. The van der Waals surface area contributed by atoms with Crippen LogP contribution in [-0.4, -0.2) is 37.7 Å². The lowest BCUT2D eigenvalue weighted by Gasteiger charge is -2.11. The maximum atomic E-state index is 12.2. The molecular formula is C19H21NO6. The van der Waals surface area contributed by atoms with E-state index in [-0.39, 0.29) is 11.7 Å². The van der Waals surface area contributed by atoms with Crippen LogP contribution in [0.15, 0.2) is 36.4 Å². The van der Waals surface area contributed by atoms with Gasteiger partial charge in [0.15, 0.2) is 11.5 Å². The van der Waals surface area contributed by atoms with Gasteiger partial charge in [-0.1, -0.05) is 0 Å². The molecule has 2 aromatic carbocycles. The van der Waals surface area contributed by atoms with Crippen LogP contribution in [0.5, 0.6) is 23.0 Å². The molecule has 0 heterocycles. The number of nitrogens with one attached hydrogen (secondary N) is 1. The summed E-state index contributed by atoms with van der Waals surface area (Å²) in [5.74, 6) is 0.297. The zero-order valence-electron chi connectivity index (χ0n) is 14.9. The highest BCUT2D eigenvalue weighted by Gasteiger charge is 2.12. The van der Waals surface area contributed by atoms with E-state index in [1.165, 1.54) is 21.1 Å². The highest BCUT2D eigenvalue weighted by molar-refractivity contribution is 5.94. The molecule has 7 heteroatoms. The van der Waals surface area contributed by atoms with Crippen molar-refractivity contribution in [3.8, 4) is 23.0 Å². The molecule has 0 atom stereocenters. The maximum Gasteiger partial charge on any atom is 0.308 e. The van der Waals surface area contributed by atoms with E-state index >= 15 is 0 Å². The van der Waals surface area contributed by atoms with Crippen LogP contribution in [-0.2, 0) is 11.2 Å². The molecule has 0 spiro atoms. The first kappa shape index (κ1) is 19.1. The van der Waals surface area contributed by atoms with E-state index in [2.05, 4.69) is 5.32 Å². The van der Waals surface area contributed by atoms with Crippen molar-refractivity contribution in [2.45, 2.75) is 13.3 Å². The third-order valence-electron chi connectivity index (χ3n) is 3.62. The van der Waals surface area contributed by atoms with Crippen LogP contribution in [0, 0.1) is 0 Å². The highest BCUT2D eigenvalue weighted by atomic mass is 16.5. The summed E-state index contributed by atoms with van der Waals surface area (Å²) in [5.41, 5.74) is 1.31. The van der Waals surface area contributed by atoms with E-state index in [4.69, 9.17) is 14.2 Å². The van der Waals surface area contributed by atoms with Gasteiger partial charge in [0.25, 0.3) is 5.91 Å². The van der Waals surface area contributed by atoms with Gasteiger partial charge in [0, 0.05) is 19.0 Å². The van der Waals surface area contributed by atoms with Crippen molar-refractivity contribution < 1.29 is 28.9 Å². The Balaban J connectivity index is 1.95. The first-order chi connectivity index (χ1) is 12.4. The molecule has 26 heavy (non-hydrogen) atoms. The Labute approximate surface area is 151 Å². The SMILES string of the molecule is COc1cc(CCNC(=O)c2ccc(OC(C)=O)cc2)cc(OC)c1O. The second-order valence-electron chi connectivity index (χ2n) is 5.47. The number of carbonyl (C=O) groups excluding carboxylic acids is 2. The Morgan fingerprint density at radius 2 is 1.62 bits per heavy atom. The molecule has 7 nitrogen and oxygen atoms in total. The molecule has 0 saturated heterocycles. The Morgan fingerprint density at radius 1 is 1.04 bits per heavy atom. The number of amides is 1. The Morgan fingerprint density at radius 3 is 2.12 bits per heavy atom. The van der Waals surface area contributed by atoms with Crippen LogP contribution in [0.1, 0.15) is 22.8 Å². The van der Waals surface area contributed by atoms with E-state index in [1.807, 2.05) is 0 Å². The van der Waals surface area contributed by atoms with Crippen molar-refractivity contribution in [3.63, 3.8) is 0 Å². The molecule has 2 N–H and O–H groups in total. The van der Waals surface area contributed by atoms with E-state index < -0.39 is 5.97 Å². The van der Waals surface area contributed by atoms with Crippen LogP contribution in [0.25, 0.3) is 0 Å². The summed E-state index contributed by atoms with van der Waals surface area (Å²) >= 11 is 0. The number of aromatic hydroxyl groups is 1. The van der Waals surface area contributed by atoms with Gasteiger partial charge in [-0.15, -0.1) is 0 Å². The van der Waals surface area contributed by atoms with Crippen LogP contribution < -0.4 is 19.5 Å². The van der Waals surface area contributed by atoms with Crippen molar-refractivity contribution in [1.29, 1.82) is 0 Å². The minimum Gasteiger partial charge on any atom is -0.502 e. The van der Waals surface area contributed by atoms with Gasteiger partial charge in [0.05, 0.1) is 14.2 Å². The average Bonchev–Trinajstić information content (AvgIpc) is 2.62. The van der Waals surface area contributed by atoms with Crippen molar-refractivity contribution in [3.05, 3.63) is 47.5 Å². The maximum absolute atomic E-state index is 12.2. The summed E-state index contributed by atoms with van der Waals surface area (Å²) in [6.45, 7) is 1.70. The van der Waals surface area contributed by atoms with Crippen molar-refractivity contribution in [2.75, 3.05) is 20.8 Å². The monoisotopic (exact) mass is 359 g/mol. The standard InChI is InChI=1S/C19H21NO6/c1-12(21)26-15-6-4-14(5-7-15)19(23)20-9-8-13-10-16(24-2)18(22)17(11-13)25-3/h4-7,10-11,22H,8-9H2,1-3H3,(H,20,23). The summed E-state index contributed by atoms with van der Waals surface area (Å²) in [7, 11) is 2.92. The van der Waals surface area contributed by atoms with Gasteiger partial charge in [0.2, 0.25) is 5.75 Å². The van der Waals surface area contributed by atoms with Crippen molar-refractivity contribution >= 4 is 11.9 Å². The number of ether oxygens (including phenoxy) is 3. The van der Waals surface area contributed by atoms with Crippen molar-refractivity contribution in [1.82, 2.24) is 5.32 Å². The third kappa shape index (κ3) is 4.89. The summed E-state index contributed by atoms with van der Waals surface area (Å²) in [6.07, 6.45) is 0.532. The molecule has 2 aromatic rings.